The minimum atomic E-state index is 0.810. The molecule has 0 atom stereocenters. The van der Waals surface area contributed by atoms with Crippen molar-refractivity contribution in [1.29, 1.82) is 0 Å². The first-order valence-electron chi connectivity index (χ1n) is 5.21. The van der Waals surface area contributed by atoms with Crippen LogP contribution in [0.2, 0.25) is 0 Å². The molecule has 0 spiro atoms. The number of hydrogen-bond acceptors (Lipinski definition) is 2. The van der Waals surface area contributed by atoms with Gasteiger partial charge in [0, 0.05) is 13.1 Å². The summed E-state index contributed by atoms with van der Waals surface area (Å²) >= 11 is 0. The Morgan fingerprint density at radius 2 is 1.23 bits per heavy atom. The van der Waals surface area contributed by atoms with E-state index in [1.807, 2.05) is 0 Å². The Morgan fingerprint density at radius 3 is 1.46 bits per heavy atom. The van der Waals surface area contributed by atoms with Crippen LogP contribution in [-0.2, 0) is 0 Å². The van der Waals surface area contributed by atoms with Gasteiger partial charge in [-0.3, -0.25) is 0 Å². The first-order chi connectivity index (χ1) is 5.91. The van der Waals surface area contributed by atoms with Crippen LogP contribution in [-0.4, -0.2) is 51.1 Å². The van der Waals surface area contributed by atoms with E-state index in [0.29, 0.717) is 0 Å². The van der Waals surface area contributed by atoms with Crippen LogP contribution in [0.3, 0.4) is 0 Å². The van der Waals surface area contributed by atoms with Crippen LogP contribution in [0.25, 0.3) is 0 Å². The molecule has 0 N–H and O–H groups in total. The zero-order chi connectivity index (χ0) is 10.4. The molecule has 0 heterocycles. The van der Waals surface area contributed by atoms with E-state index in [-0.39, 0.29) is 0 Å². The second-order valence-electron chi connectivity index (χ2n) is 5.02. The largest absolute Gasteiger partial charge is 0.309 e. The van der Waals surface area contributed by atoms with E-state index in [4.69, 9.17) is 0 Å². The highest BCUT2D eigenvalue weighted by Crippen LogP contribution is 2.13. The maximum absolute atomic E-state index is 2.30. The normalized spacial score (nSPS) is 12.5. The molecule has 0 aromatic carbocycles. The topological polar surface area (TPSA) is 6.48 Å². The molecule has 13 heavy (non-hydrogen) atoms. The molecule has 2 nitrogen and oxygen atoms in total. The minimum Gasteiger partial charge on any atom is -0.309 e. The summed E-state index contributed by atoms with van der Waals surface area (Å²) in [6.45, 7) is 7.02. The summed E-state index contributed by atoms with van der Waals surface area (Å²) in [6, 6.07) is 0. The van der Waals surface area contributed by atoms with Gasteiger partial charge in [0.05, 0.1) is 0 Å². The second-order valence-corrected chi connectivity index (χ2v) is 5.02. The number of nitrogens with zero attached hydrogens (tertiary/aromatic N) is 2. The van der Waals surface area contributed by atoms with E-state index in [2.05, 4.69) is 51.8 Å². The Balaban J connectivity index is 3.87. The Bertz CT molecular complexity index is 95.5. The molecule has 0 aromatic heterocycles. The Morgan fingerprint density at radius 1 is 0.846 bits per heavy atom. The van der Waals surface area contributed by atoms with Crippen molar-refractivity contribution in [3.05, 3.63) is 0 Å². The molecule has 2 heteroatoms. The zero-order valence-electron chi connectivity index (χ0n) is 10.2. The predicted octanol–water partition coefficient (Wildman–Crippen LogP) is 1.77. The van der Waals surface area contributed by atoms with Gasteiger partial charge < -0.3 is 9.80 Å². The smallest absolute Gasteiger partial charge is 0.00159 e. The molecule has 0 aliphatic heterocycles. The Hall–Kier alpha value is -0.0800. The van der Waals surface area contributed by atoms with E-state index in [0.717, 1.165) is 11.8 Å². The third-order valence-corrected chi connectivity index (χ3v) is 2.05. The van der Waals surface area contributed by atoms with E-state index in [1.165, 1.54) is 19.5 Å². The van der Waals surface area contributed by atoms with Crippen molar-refractivity contribution in [2.75, 3.05) is 41.3 Å². The molecule has 0 saturated carbocycles. The maximum atomic E-state index is 2.30. The first-order valence-corrected chi connectivity index (χ1v) is 5.21. The average molecular weight is 186 g/mol. The Kier molecular flexibility index (Phi) is 6.35. The molecule has 0 bridgehead atoms. The quantitative estimate of drug-likeness (QED) is 0.624. The molecule has 80 valence electrons. The van der Waals surface area contributed by atoms with Crippen molar-refractivity contribution >= 4 is 0 Å². The van der Waals surface area contributed by atoms with Gasteiger partial charge in [-0.15, -0.1) is 0 Å². The molecule has 0 amide bonds. The molecular formula is C11H26N2. The summed E-state index contributed by atoms with van der Waals surface area (Å²) in [4.78, 5) is 4.58. The fraction of sp³-hybridized carbons (Fsp3) is 1.00. The molecule has 0 unspecified atom stereocenters. The van der Waals surface area contributed by atoms with Crippen molar-refractivity contribution < 1.29 is 0 Å². The van der Waals surface area contributed by atoms with Crippen molar-refractivity contribution in [3.8, 4) is 0 Å². The molecule has 0 saturated heterocycles. The molecule has 0 aliphatic rings. The Labute approximate surface area is 83.9 Å². The van der Waals surface area contributed by atoms with Crippen LogP contribution in [0, 0.1) is 11.8 Å². The van der Waals surface area contributed by atoms with Gasteiger partial charge in [-0.25, -0.2) is 0 Å². The highest BCUT2D eigenvalue weighted by atomic mass is 15.1. The molecule has 0 aliphatic carbocycles. The summed E-state index contributed by atoms with van der Waals surface area (Å²) in [7, 11) is 8.62. The van der Waals surface area contributed by atoms with Gasteiger partial charge >= 0.3 is 0 Å². The fourth-order valence-electron chi connectivity index (χ4n) is 1.91. The summed E-state index contributed by atoms with van der Waals surface area (Å²) in [5.41, 5.74) is 0. The minimum absolute atomic E-state index is 0.810. The first kappa shape index (κ1) is 12.9. The lowest BCUT2D eigenvalue weighted by Crippen LogP contribution is -2.31. The van der Waals surface area contributed by atoms with Gasteiger partial charge in [0.15, 0.2) is 0 Å². The average Bonchev–Trinajstić information content (AvgIpc) is 1.80. The lowest BCUT2D eigenvalue weighted by atomic mass is 9.96. The van der Waals surface area contributed by atoms with Gasteiger partial charge in [0.2, 0.25) is 0 Å². The maximum Gasteiger partial charge on any atom is 0.00159 e. The predicted molar refractivity (Wildman–Crippen MR) is 60.1 cm³/mol. The van der Waals surface area contributed by atoms with Crippen LogP contribution in [0.5, 0.6) is 0 Å². The van der Waals surface area contributed by atoms with Gasteiger partial charge in [-0.05, 0) is 46.4 Å². The van der Waals surface area contributed by atoms with Crippen molar-refractivity contribution in [2.45, 2.75) is 20.3 Å². The van der Waals surface area contributed by atoms with Gasteiger partial charge in [0.1, 0.15) is 0 Å². The summed E-state index contributed by atoms with van der Waals surface area (Å²) in [6.07, 6.45) is 1.33. The molecular weight excluding hydrogens is 160 g/mol. The zero-order valence-corrected chi connectivity index (χ0v) is 10.2. The summed E-state index contributed by atoms with van der Waals surface area (Å²) < 4.78 is 0. The van der Waals surface area contributed by atoms with Gasteiger partial charge in [-0.1, -0.05) is 13.8 Å². The fourth-order valence-corrected chi connectivity index (χ4v) is 1.91. The monoisotopic (exact) mass is 186 g/mol. The van der Waals surface area contributed by atoms with Crippen LogP contribution in [0.1, 0.15) is 20.3 Å². The highest BCUT2D eigenvalue weighted by Gasteiger charge is 2.12. The molecule has 0 radical (unpaired) electrons. The summed E-state index contributed by atoms with van der Waals surface area (Å²) in [5.74, 6) is 1.62. The third-order valence-electron chi connectivity index (χ3n) is 2.05. The third kappa shape index (κ3) is 8.26. The number of hydrogen-bond donors (Lipinski definition) is 0. The van der Waals surface area contributed by atoms with E-state index in [9.17, 15) is 0 Å². The van der Waals surface area contributed by atoms with Crippen molar-refractivity contribution in [3.63, 3.8) is 0 Å². The van der Waals surface area contributed by atoms with E-state index in [1.54, 1.807) is 0 Å². The molecule has 0 rings (SSSR count). The van der Waals surface area contributed by atoms with Crippen LogP contribution in [0.15, 0.2) is 0 Å². The van der Waals surface area contributed by atoms with Crippen molar-refractivity contribution in [1.82, 2.24) is 9.80 Å². The van der Waals surface area contributed by atoms with Crippen LogP contribution < -0.4 is 0 Å². The molecule has 0 fully saturated rings. The molecule has 0 aromatic rings. The van der Waals surface area contributed by atoms with Gasteiger partial charge in [0.25, 0.3) is 0 Å². The second kappa shape index (κ2) is 6.39. The lowest BCUT2D eigenvalue weighted by Gasteiger charge is -2.25. The summed E-state index contributed by atoms with van der Waals surface area (Å²) in [5, 5.41) is 0. The van der Waals surface area contributed by atoms with E-state index < -0.39 is 0 Å². The number of rotatable bonds is 6. The van der Waals surface area contributed by atoms with Crippen molar-refractivity contribution in [2.24, 2.45) is 11.8 Å². The SMILES string of the molecule is CC(C)CC(CN(C)C)CN(C)C. The van der Waals surface area contributed by atoms with Crippen LogP contribution in [0.4, 0.5) is 0 Å². The van der Waals surface area contributed by atoms with Crippen LogP contribution >= 0.6 is 0 Å². The lowest BCUT2D eigenvalue weighted by molar-refractivity contribution is 0.232. The van der Waals surface area contributed by atoms with Gasteiger partial charge in [-0.2, -0.15) is 0 Å². The van der Waals surface area contributed by atoms with E-state index >= 15 is 0 Å². The standard InChI is InChI=1S/C11H26N2/c1-10(2)7-11(8-12(3)4)9-13(5)6/h10-11H,7-9H2,1-6H3. The highest BCUT2D eigenvalue weighted by molar-refractivity contribution is 4.66.